The first-order valence-electron chi connectivity index (χ1n) is 6.92. The predicted molar refractivity (Wildman–Crippen MR) is 81.9 cm³/mol. The highest BCUT2D eigenvalue weighted by Crippen LogP contribution is 2.30. The van der Waals surface area contributed by atoms with Gasteiger partial charge in [-0.05, 0) is 38.0 Å². The van der Waals surface area contributed by atoms with Crippen molar-refractivity contribution in [2.45, 2.75) is 25.8 Å². The minimum Gasteiger partial charge on any atom is -0.465 e. The van der Waals surface area contributed by atoms with E-state index in [1.807, 2.05) is 0 Å². The number of rotatable bonds is 2. The molecule has 1 aromatic heterocycles. The monoisotopic (exact) mass is 305 g/mol. The number of carbonyl (C=O) groups is 1. The summed E-state index contributed by atoms with van der Waals surface area (Å²) in [6.45, 7) is 3.08. The molecule has 3 rings (SSSR count). The maximum Gasteiger partial charge on any atom is 0.337 e. The lowest BCUT2D eigenvalue weighted by Gasteiger charge is -2.23. The molecule has 1 aromatic carbocycles. The standard InChI is InChI=1S/C15H16ClN3O2/c1-9-4-3-7-19(9)14-13(16)17-11-6-5-10(15(20)21-2)8-12(11)18-14/h5-6,8-9H,3-4,7H2,1-2H3. The van der Waals surface area contributed by atoms with Crippen LogP contribution >= 0.6 is 11.6 Å². The van der Waals surface area contributed by atoms with E-state index in [0.29, 0.717) is 33.6 Å². The third-order valence-electron chi connectivity index (χ3n) is 3.85. The number of methoxy groups -OCH3 is 1. The van der Waals surface area contributed by atoms with Crippen molar-refractivity contribution >= 4 is 34.4 Å². The van der Waals surface area contributed by atoms with Crippen molar-refractivity contribution in [2.75, 3.05) is 18.6 Å². The molecule has 1 aliphatic heterocycles. The summed E-state index contributed by atoms with van der Waals surface area (Å²) in [5, 5.41) is 0.405. The maximum absolute atomic E-state index is 11.6. The fourth-order valence-electron chi connectivity index (χ4n) is 2.70. The van der Waals surface area contributed by atoms with Crippen LogP contribution in [0.15, 0.2) is 18.2 Å². The summed E-state index contributed by atoms with van der Waals surface area (Å²) in [6, 6.07) is 5.49. The Hall–Kier alpha value is -1.88. The second kappa shape index (κ2) is 5.48. The van der Waals surface area contributed by atoms with Gasteiger partial charge in [0.25, 0.3) is 0 Å². The minimum atomic E-state index is -0.384. The highest BCUT2D eigenvalue weighted by molar-refractivity contribution is 6.32. The summed E-state index contributed by atoms with van der Waals surface area (Å²) in [7, 11) is 1.36. The van der Waals surface area contributed by atoms with Gasteiger partial charge in [0.1, 0.15) is 0 Å². The molecule has 1 aliphatic rings. The van der Waals surface area contributed by atoms with E-state index in [1.165, 1.54) is 7.11 Å². The molecule has 6 heteroatoms. The van der Waals surface area contributed by atoms with Crippen LogP contribution in [0.4, 0.5) is 5.82 Å². The quantitative estimate of drug-likeness (QED) is 0.798. The van der Waals surface area contributed by atoms with Gasteiger partial charge in [0.15, 0.2) is 11.0 Å². The molecule has 0 amide bonds. The van der Waals surface area contributed by atoms with Gasteiger partial charge in [0.05, 0.1) is 23.7 Å². The second-order valence-corrected chi connectivity index (χ2v) is 5.58. The number of hydrogen-bond donors (Lipinski definition) is 0. The first-order chi connectivity index (χ1) is 10.1. The highest BCUT2D eigenvalue weighted by Gasteiger charge is 2.24. The number of halogens is 1. The van der Waals surface area contributed by atoms with E-state index in [4.69, 9.17) is 16.3 Å². The Labute approximate surface area is 127 Å². The summed E-state index contributed by atoms with van der Waals surface area (Å²) in [6.07, 6.45) is 2.25. The van der Waals surface area contributed by atoms with Crippen LogP contribution in [-0.2, 0) is 4.74 Å². The molecular formula is C15H16ClN3O2. The lowest BCUT2D eigenvalue weighted by atomic mass is 10.2. The zero-order valence-electron chi connectivity index (χ0n) is 12.0. The largest absolute Gasteiger partial charge is 0.465 e. The van der Waals surface area contributed by atoms with Crippen LogP contribution in [0.3, 0.4) is 0 Å². The molecule has 0 spiro atoms. The molecule has 5 nitrogen and oxygen atoms in total. The zero-order valence-corrected chi connectivity index (χ0v) is 12.7. The number of fused-ring (bicyclic) bond motifs is 1. The summed E-state index contributed by atoms with van der Waals surface area (Å²) in [5.41, 5.74) is 1.78. The van der Waals surface area contributed by atoms with Gasteiger partial charge in [-0.25, -0.2) is 14.8 Å². The molecule has 0 N–H and O–H groups in total. The molecule has 21 heavy (non-hydrogen) atoms. The predicted octanol–water partition coefficient (Wildman–Crippen LogP) is 3.06. The molecule has 1 atom stereocenters. The smallest absolute Gasteiger partial charge is 0.337 e. The van der Waals surface area contributed by atoms with Gasteiger partial charge in [-0.15, -0.1) is 0 Å². The molecule has 0 bridgehead atoms. The van der Waals surface area contributed by atoms with Crippen LogP contribution in [0.1, 0.15) is 30.1 Å². The van der Waals surface area contributed by atoms with Gasteiger partial charge in [-0.1, -0.05) is 11.6 Å². The summed E-state index contributed by atoms with van der Waals surface area (Å²) >= 11 is 6.27. The molecule has 0 radical (unpaired) electrons. The Morgan fingerprint density at radius 3 is 2.86 bits per heavy atom. The molecule has 1 fully saturated rings. The fourth-order valence-corrected chi connectivity index (χ4v) is 2.94. The van der Waals surface area contributed by atoms with Crippen LogP contribution in [0.2, 0.25) is 5.15 Å². The second-order valence-electron chi connectivity index (χ2n) is 5.22. The summed E-state index contributed by atoms with van der Waals surface area (Å²) in [4.78, 5) is 22.8. The average Bonchev–Trinajstić information content (AvgIpc) is 2.91. The van der Waals surface area contributed by atoms with E-state index in [1.54, 1.807) is 18.2 Å². The van der Waals surface area contributed by atoms with E-state index in [0.717, 1.165) is 19.4 Å². The van der Waals surface area contributed by atoms with Crippen molar-refractivity contribution in [1.82, 2.24) is 9.97 Å². The number of carbonyl (C=O) groups excluding carboxylic acids is 1. The Bertz CT molecular complexity index is 705. The third kappa shape index (κ3) is 2.53. The van der Waals surface area contributed by atoms with Crippen molar-refractivity contribution < 1.29 is 9.53 Å². The lowest BCUT2D eigenvalue weighted by molar-refractivity contribution is 0.0601. The number of nitrogens with zero attached hydrogens (tertiary/aromatic N) is 3. The first kappa shape index (κ1) is 14.1. The van der Waals surface area contributed by atoms with Gasteiger partial charge in [0.2, 0.25) is 0 Å². The van der Waals surface area contributed by atoms with E-state index in [9.17, 15) is 4.79 Å². The van der Waals surface area contributed by atoms with Crippen molar-refractivity contribution in [3.8, 4) is 0 Å². The molecule has 2 heterocycles. The fraction of sp³-hybridized carbons (Fsp3) is 0.400. The molecule has 0 saturated carbocycles. The molecule has 0 aliphatic carbocycles. The number of esters is 1. The summed E-state index contributed by atoms with van der Waals surface area (Å²) < 4.78 is 4.73. The third-order valence-corrected chi connectivity index (χ3v) is 4.10. The Balaban J connectivity index is 2.09. The van der Waals surface area contributed by atoms with E-state index in [2.05, 4.69) is 21.8 Å². The normalized spacial score (nSPS) is 18.2. The van der Waals surface area contributed by atoms with Crippen molar-refractivity contribution in [3.05, 3.63) is 28.9 Å². The van der Waals surface area contributed by atoms with Crippen molar-refractivity contribution in [1.29, 1.82) is 0 Å². The van der Waals surface area contributed by atoms with Crippen LogP contribution in [0.25, 0.3) is 11.0 Å². The first-order valence-corrected chi connectivity index (χ1v) is 7.30. The van der Waals surface area contributed by atoms with Gasteiger partial charge >= 0.3 is 5.97 Å². The van der Waals surface area contributed by atoms with E-state index < -0.39 is 0 Å². The molecule has 1 saturated heterocycles. The van der Waals surface area contributed by atoms with Crippen LogP contribution in [0.5, 0.6) is 0 Å². The number of hydrogen-bond acceptors (Lipinski definition) is 5. The van der Waals surface area contributed by atoms with E-state index >= 15 is 0 Å². The minimum absolute atomic E-state index is 0.384. The van der Waals surface area contributed by atoms with Crippen LogP contribution < -0.4 is 4.90 Å². The zero-order chi connectivity index (χ0) is 15.0. The number of aromatic nitrogens is 2. The highest BCUT2D eigenvalue weighted by atomic mass is 35.5. The topological polar surface area (TPSA) is 55.3 Å². The van der Waals surface area contributed by atoms with Gasteiger partial charge in [-0.3, -0.25) is 0 Å². The molecular weight excluding hydrogens is 290 g/mol. The number of ether oxygens (including phenoxy) is 1. The number of anilines is 1. The molecule has 2 aromatic rings. The Morgan fingerprint density at radius 2 is 2.19 bits per heavy atom. The average molecular weight is 306 g/mol. The molecule has 110 valence electrons. The Kier molecular flexibility index (Phi) is 3.68. The van der Waals surface area contributed by atoms with Gasteiger partial charge in [-0.2, -0.15) is 0 Å². The van der Waals surface area contributed by atoms with Crippen molar-refractivity contribution in [3.63, 3.8) is 0 Å². The maximum atomic E-state index is 11.6. The van der Waals surface area contributed by atoms with Gasteiger partial charge < -0.3 is 9.64 Å². The molecule has 1 unspecified atom stereocenters. The van der Waals surface area contributed by atoms with Crippen LogP contribution in [-0.4, -0.2) is 35.6 Å². The van der Waals surface area contributed by atoms with Crippen LogP contribution in [0, 0.1) is 0 Å². The Morgan fingerprint density at radius 1 is 1.38 bits per heavy atom. The number of benzene rings is 1. The lowest BCUT2D eigenvalue weighted by Crippen LogP contribution is -2.27. The van der Waals surface area contributed by atoms with E-state index in [-0.39, 0.29) is 5.97 Å². The SMILES string of the molecule is COC(=O)c1ccc2nc(Cl)c(N3CCCC3C)nc2c1. The van der Waals surface area contributed by atoms with Crippen molar-refractivity contribution in [2.24, 2.45) is 0 Å². The summed E-state index contributed by atoms with van der Waals surface area (Å²) in [5.74, 6) is 0.306. The van der Waals surface area contributed by atoms with Gasteiger partial charge in [0, 0.05) is 12.6 Å².